The maximum atomic E-state index is 5.26. The van der Waals surface area contributed by atoms with Crippen LogP contribution >= 0.6 is 27.2 Å². The van der Waals surface area contributed by atoms with Gasteiger partial charge in [0.25, 0.3) is 0 Å². The molecule has 0 radical (unpaired) electrons. The number of hydrogen-bond donors (Lipinski definition) is 0. The molecule has 2 heterocycles. The Morgan fingerprint density at radius 1 is 0.405 bits per heavy atom. The van der Waals surface area contributed by atoms with E-state index in [1.807, 2.05) is 11.3 Å². The number of thiophene rings is 1. The van der Waals surface area contributed by atoms with Gasteiger partial charge in [-0.2, -0.15) is 0 Å². The molecule has 2 aromatic heterocycles. The molecular weight excluding hydrogens is 504 g/mol. The van der Waals surface area contributed by atoms with Gasteiger partial charge in [0, 0.05) is 12.5 Å². The molecule has 0 saturated heterocycles. The van der Waals surface area contributed by atoms with E-state index in [2.05, 4.69) is 152 Å². The van der Waals surface area contributed by atoms with Crippen LogP contribution in [0.3, 0.4) is 0 Å². The second-order valence-corrected chi connectivity index (χ2v) is 14.3. The molecule has 0 aliphatic rings. The van der Waals surface area contributed by atoms with Crippen LogP contribution in [0.1, 0.15) is 0 Å². The van der Waals surface area contributed by atoms with Crippen molar-refractivity contribution < 1.29 is 0 Å². The second kappa shape index (κ2) is 11.3. The van der Waals surface area contributed by atoms with Gasteiger partial charge in [-0.25, -0.2) is 4.98 Å². The minimum absolute atomic E-state index is 0.613. The Morgan fingerprint density at radius 3 is 1.35 bits per heavy atom. The van der Waals surface area contributed by atoms with Gasteiger partial charge in [0.15, 0.2) is 0 Å². The number of rotatable bonds is 7. The molecule has 0 aliphatic heterocycles. The van der Waals surface area contributed by atoms with E-state index in [0.717, 1.165) is 11.1 Å². The van der Waals surface area contributed by atoms with Crippen molar-refractivity contribution in [1.82, 2.24) is 4.98 Å². The summed E-state index contributed by atoms with van der Waals surface area (Å²) >= 11 is 1.87. The zero-order valence-corrected chi connectivity index (χ0v) is 22.8. The van der Waals surface area contributed by atoms with E-state index in [1.165, 1.54) is 30.7 Å². The maximum absolute atomic E-state index is 5.26. The average molecular weight is 530 g/mol. The molecule has 0 fully saturated rings. The zero-order valence-electron chi connectivity index (χ0n) is 20.2. The molecule has 37 heavy (non-hydrogen) atoms. The van der Waals surface area contributed by atoms with Crippen LogP contribution in [0.25, 0.3) is 10.6 Å². The van der Waals surface area contributed by atoms with Gasteiger partial charge in [-0.05, 0) is 53.4 Å². The first-order valence-electron chi connectivity index (χ1n) is 12.2. The lowest BCUT2D eigenvalue weighted by Gasteiger charge is -2.19. The van der Waals surface area contributed by atoms with Crippen molar-refractivity contribution in [3.8, 4) is 10.6 Å². The standard InChI is InChI=1S/C33H25NP2S/c1-5-14-26(15-6-1)35(27-16-7-2-8-17-27)32-23-13-22-30(34-32)31-24-25-33(37-31)36(28-18-9-3-10-19-28)29-20-11-4-12-21-29/h1-25H. The molecule has 0 bridgehead atoms. The third-order valence-electron chi connectivity index (χ3n) is 6.09. The van der Waals surface area contributed by atoms with E-state index in [-0.39, 0.29) is 0 Å². The van der Waals surface area contributed by atoms with E-state index in [9.17, 15) is 0 Å². The fourth-order valence-corrected chi connectivity index (χ4v) is 10.6. The van der Waals surface area contributed by atoms with E-state index in [4.69, 9.17) is 4.98 Å². The quantitative estimate of drug-likeness (QED) is 0.221. The molecular formula is C33H25NP2S. The van der Waals surface area contributed by atoms with Crippen LogP contribution in [0, 0.1) is 0 Å². The predicted octanol–water partition coefficient (Wildman–Crippen LogP) is 6.33. The van der Waals surface area contributed by atoms with Crippen LogP contribution in [0.4, 0.5) is 0 Å². The highest BCUT2D eigenvalue weighted by molar-refractivity contribution is 7.84. The van der Waals surface area contributed by atoms with E-state index >= 15 is 0 Å². The van der Waals surface area contributed by atoms with Crippen LogP contribution in [-0.2, 0) is 0 Å². The van der Waals surface area contributed by atoms with Crippen molar-refractivity contribution in [1.29, 1.82) is 0 Å². The first kappa shape index (κ1) is 24.0. The van der Waals surface area contributed by atoms with Gasteiger partial charge in [0.2, 0.25) is 0 Å². The third-order valence-corrected chi connectivity index (χ3v) is 12.4. The van der Waals surface area contributed by atoms with Crippen LogP contribution < -0.4 is 31.3 Å². The van der Waals surface area contributed by atoms with Crippen molar-refractivity contribution in [3.05, 3.63) is 152 Å². The molecule has 0 atom stereocenters. The second-order valence-electron chi connectivity index (χ2n) is 8.53. The molecule has 4 aromatic carbocycles. The molecule has 0 amide bonds. The van der Waals surface area contributed by atoms with Crippen molar-refractivity contribution in [2.24, 2.45) is 0 Å². The van der Waals surface area contributed by atoms with Crippen molar-refractivity contribution in [2.75, 3.05) is 0 Å². The molecule has 0 spiro atoms. The van der Waals surface area contributed by atoms with Crippen LogP contribution in [-0.4, -0.2) is 4.98 Å². The van der Waals surface area contributed by atoms with Gasteiger partial charge in [-0.15, -0.1) is 11.3 Å². The molecule has 6 aromatic rings. The Hall–Kier alpha value is -3.41. The van der Waals surface area contributed by atoms with E-state index < -0.39 is 15.8 Å². The fourth-order valence-electron chi connectivity index (χ4n) is 4.40. The molecule has 0 unspecified atom stereocenters. The Balaban J connectivity index is 1.40. The van der Waals surface area contributed by atoms with Crippen molar-refractivity contribution in [2.45, 2.75) is 0 Å². The summed E-state index contributed by atoms with van der Waals surface area (Å²) in [6.07, 6.45) is 0. The van der Waals surface area contributed by atoms with Gasteiger partial charge >= 0.3 is 0 Å². The summed E-state index contributed by atoms with van der Waals surface area (Å²) in [6.45, 7) is 0. The average Bonchev–Trinajstić information content (AvgIpc) is 3.46. The molecule has 4 heteroatoms. The van der Waals surface area contributed by atoms with Crippen molar-refractivity contribution >= 4 is 58.5 Å². The summed E-state index contributed by atoms with van der Waals surface area (Å²) in [6, 6.07) is 54.4. The highest BCUT2D eigenvalue weighted by Gasteiger charge is 2.21. The molecule has 6 rings (SSSR count). The summed E-state index contributed by atoms with van der Waals surface area (Å²) in [4.78, 5) is 6.48. The SMILES string of the molecule is c1ccc(P(c2ccccc2)c2cccc(-c3ccc(P(c4ccccc4)c4ccccc4)s3)n2)cc1. The van der Waals surface area contributed by atoms with Crippen LogP contribution in [0.5, 0.6) is 0 Å². The lowest BCUT2D eigenvalue weighted by molar-refractivity contribution is 1.40. The third kappa shape index (κ3) is 5.34. The summed E-state index contributed by atoms with van der Waals surface area (Å²) in [5, 5.41) is 5.37. The van der Waals surface area contributed by atoms with E-state index in [0.29, 0.717) is 0 Å². The maximum Gasteiger partial charge on any atom is 0.0809 e. The predicted molar refractivity (Wildman–Crippen MR) is 165 cm³/mol. The van der Waals surface area contributed by atoms with Crippen LogP contribution in [0.15, 0.2) is 152 Å². The Labute approximate surface area is 225 Å². The highest BCUT2D eigenvalue weighted by Crippen LogP contribution is 2.38. The smallest absolute Gasteiger partial charge is 0.0809 e. The molecule has 0 N–H and O–H groups in total. The monoisotopic (exact) mass is 529 g/mol. The topological polar surface area (TPSA) is 12.9 Å². The molecule has 0 saturated carbocycles. The lowest BCUT2D eigenvalue weighted by Crippen LogP contribution is -2.22. The number of pyridine rings is 1. The number of nitrogens with zero attached hydrogens (tertiary/aromatic N) is 1. The van der Waals surface area contributed by atoms with Gasteiger partial charge in [-0.3, -0.25) is 0 Å². The Bertz CT molecular complexity index is 1490. The largest absolute Gasteiger partial charge is 0.247 e. The normalized spacial score (nSPS) is 11.2. The summed E-state index contributed by atoms with van der Waals surface area (Å²) < 4.78 is 1.39. The zero-order chi connectivity index (χ0) is 24.9. The van der Waals surface area contributed by atoms with Crippen LogP contribution in [0.2, 0.25) is 0 Å². The Kier molecular flexibility index (Phi) is 7.33. The van der Waals surface area contributed by atoms with Gasteiger partial charge in [0.05, 0.1) is 16.0 Å². The van der Waals surface area contributed by atoms with Gasteiger partial charge in [0.1, 0.15) is 0 Å². The number of benzene rings is 4. The number of aromatic nitrogens is 1. The molecule has 1 nitrogen and oxygen atoms in total. The first-order chi connectivity index (χ1) is 18.4. The highest BCUT2D eigenvalue weighted by atomic mass is 32.1. The first-order valence-corrected chi connectivity index (χ1v) is 15.7. The summed E-state index contributed by atoms with van der Waals surface area (Å²) in [5.41, 5.74) is 2.18. The van der Waals surface area contributed by atoms with Crippen molar-refractivity contribution in [3.63, 3.8) is 0 Å². The number of hydrogen-bond acceptors (Lipinski definition) is 2. The summed E-state index contributed by atoms with van der Waals surface area (Å²) in [5.74, 6) is 0. The molecule has 178 valence electrons. The summed E-state index contributed by atoms with van der Waals surface area (Å²) in [7, 11) is -1.35. The fraction of sp³-hybridized carbons (Fsp3) is 0. The minimum Gasteiger partial charge on any atom is -0.247 e. The van der Waals surface area contributed by atoms with E-state index in [1.54, 1.807) is 0 Å². The minimum atomic E-state index is -0.733. The van der Waals surface area contributed by atoms with Gasteiger partial charge < -0.3 is 0 Å². The van der Waals surface area contributed by atoms with Gasteiger partial charge in [-0.1, -0.05) is 127 Å². The Morgan fingerprint density at radius 2 is 0.865 bits per heavy atom. The lowest BCUT2D eigenvalue weighted by atomic mass is 10.3. The molecule has 0 aliphatic carbocycles.